The highest BCUT2D eigenvalue weighted by molar-refractivity contribution is 5.43. The molecule has 0 radical (unpaired) electrons. The first-order valence-corrected chi connectivity index (χ1v) is 5.98. The summed E-state index contributed by atoms with van der Waals surface area (Å²) < 4.78 is 14.4. The van der Waals surface area contributed by atoms with E-state index in [2.05, 4.69) is 29.2 Å². The van der Waals surface area contributed by atoms with Gasteiger partial charge < -0.3 is 10.4 Å². The van der Waals surface area contributed by atoms with Gasteiger partial charge in [-0.1, -0.05) is 13.8 Å². The van der Waals surface area contributed by atoms with Gasteiger partial charge in [-0.2, -0.15) is 4.98 Å². The quantitative estimate of drug-likeness (QED) is 0.850. The average Bonchev–Trinajstić information content (AvgIpc) is 2.68. The van der Waals surface area contributed by atoms with E-state index in [1.807, 2.05) is 0 Å². The van der Waals surface area contributed by atoms with E-state index in [0.29, 0.717) is 17.5 Å². The van der Waals surface area contributed by atoms with Crippen LogP contribution in [-0.2, 0) is 0 Å². The van der Waals surface area contributed by atoms with Gasteiger partial charge in [0, 0.05) is 0 Å². The van der Waals surface area contributed by atoms with Crippen LogP contribution in [0.15, 0.2) is 18.3 Å². The third kappa shape index (κ3) is 2.95. The maximum Gasteiger partial charge on any atom is 0.243 e. The molecule has 0 saturated heterocycles. The second kappa shape index (κ2) is 5.30. The Morgan fingerprint density at radius 1 is 1.44 bits per heavy atom. The van der Waals surface area contributed by atoms with Gasteiger partial charge in [0.1, 0.15) is 5.82 Å². The molecule has 2 rings (SSSR count). The molecule has 0 aliphatic heterocycles. The Morgan fingerprint density at radius 3 is 2.89 bits per heavy atom. The molecule has 2 heterocycles. The Hall–Kier alpha value is -1.69. The lowest BCUT2D eigenvalue weighted by Gasteiger charge is -2.16. The zero-order valence-corrected chi connectivity index (χ0v) is 10.5. The van der Waals surface area contributed by atoms with Gasteiger partial charge in [0.2, 0.25) is 5.95 Å². The summed E-state index contributed by atoms with van der Waals surface area (Å²) in [5.74, 6) is 0.504. The Kier molecular flexibility index (Phi) is 3.76. The number of fused-ring (bicyclic) bond motifs is 1. The lowest BCUT2D eigenvalue weighted by Crippen LogP contribution is -2.26. The third-order valence-corrected chi connectivity index (χ3v) is 2.60. The molecule has 0 aliphatic rings. The fourth-order valence-corrected chi connectivity index (χ4v) is 1.85. The first-order chi connectivity index (χ1) is 8.58. The fraction of sp³-hybridized carbons (Fsp3) is 0.500. The van der Waals surface area contributed by atoms with Crippen LogP contribution in [0.2, 0.25) is 0 Å². The Labute approximate surface area is 105 Å². The number of aliphatic hydroxyl groups is 1. The van der Waals surface area contributed by atoms with Crippen molar-refractivity contribution >= 4 is 11.6 Å². The van der Waals surface area contributed by atoms with Gasteiger partial charge in [0.25, 0.3) is 0 Å². The molecule has 2 N–H and O–H groups in total. The topological polar surface area (TPSA) is 62.5 Å². The van der Waals surface area contributed by atoms with Crippen molar-refractivity contribution in [2.45, 2.75) is 26.3 Å². The lowest BCUT2D eigenvalue weighted by atomic mass is 10.0. The second-order valence-corrected chi connectivity index (χ2v) is 4.74. The molecule has 2 aromatic heterocycles. The van der Waals surface area contributed by atoms with Crippen LogP contribution in [0.25, 0.3) is 5.65 Å². The Morgan fingerprint density at radius 2 is 2.22 bits per heavy atom. The first-order valence-electron chi connectivity index (χ1n) is 5.98. The van der Waals surface area contributed by atoms with Gasteiger partial charge in [-0.15, -0.1) is 5.10 Å². The standard InChI is InChI=1S/C12H17FN4O/c1-8(2)5-10(7-18)14-12-15-11-4-3-9(13)6-17(11)16-12/h3-4,6,8,10,18H,5,7H2,1-2H3,(H,14,16). The monoisotopic (exact) mass is 252 g/mol. The van der Waals surface area contributed by atoms with E-state index in [4.69, 9.17) is 0 Å². The van der Waals surface area contributed by atoms with Gasteiger partial charge >= 0.3 is 0 Å². The van der Waals surface area contributed by atoms with Gasteiger partial charge in [0.15, 0.2) is 5.65 Å². The third-order valence-electron chi connectivity index (χ3n) is 2.60. The summed E-state index contributed by atoms with van der Waals surface area (Å²) >= 11 is 0. The van der Waals surface area contributed by atoms with E-state index < -0.39 is 0 Å². The molecule has 1 atom stereocenters. The minimum atomic E-state index is -0.361. The molecule has 5 nitrogen and oxygen atoms in total. The molecule has 0 spiro atoms. The molecule has 0 amide bonds. The van der Waals surface area contributed by atoms with Crippen molar-refractivity contribution in [3.05, 3.63) is 24.1 Å². The smallest absolute Gasteiger partial charge is 0.243 e. The van der Waals surface area contributed by atoms with Gasteiger partial charge in [-0.05, 0) is 24.5 Å². The van der Waals surface area contributed by atoms with Gasteiger partial charge in [-0.25, -0.2) is 8.91 Å². The Bertz CT molecular complexity index is 526. The van der Waals surface area contributed by atoms with Crippen LogP contribution in [-0.4, -0.2) is 32.4 Å². The number of halogens is 1. The number of rotatable bonds is 5. The van der Waals surface area contributed by atoms with E-state index >= 15 is 0 Å². The predicted molar refractivity (Wildman–Crippen MR) is 66.9 cm³/mol. The normalized spacial score (nSPS) is 13.2. The molecule has 0 aromatic carbocycles. The van der Waals surface area contributed by atoms with E-state index in [9.17, 15) is 9.50 Å². The van der Waals surface area contributed by atoms with E-state index in [1.165, 1.54) is 16.8 Å². The second-order valence-electron chi connectivity index (χ2n) is 4.74. The highest BCUT2D eigenvalue weighted by Crippen LogP contribution is 2.11. The van der Waals surface area contributed by atoms with Crippen molar-refractivity contribution < 1.29 is 9.50 Å². The summed E-state index contributed by atoms with van der Waals surface area (Å²) in [4.78, 5) is 4.21. The van der Waals surface area contributed by atoms with Crippen LogP contribution in [0, 0.1) is 11.7 Å². The average molecular weight is 252 g/mol. The highest BCUT2D eigenvalue weighted by Gasteiger charge is 2.12. The Balaban J connectivity index is 2.15. The van der Waals surface area contributed by atoms with Crippen molar-refractivity contribution in [3.8, 4) is 0 Å². The number of hydrogen-bond donors (Lipinski definition) is 2. The minimum Gasteiger partial charge on any atom is -0.394 e. The van der Waals surface area contributed by atoms with Crippen molar-refractivity contribution in [2.24, 2.45) is 5.92 Å². The summed E-state index contributed by atoms with van der Waals surface area (Å²) in [7, 11) is 0. The zero-order chi connectivity index (χ0) is 13.1. The summed E-state index contributed by atoms with van der Waals surface area (Å²) in [6, 6.07) is 2.81. The molecule has 2 aromatic rings. The molecule has 6 heteroatoms. The van der Waals surface area contributed by atoms with Gasteiger partial charge in [-0.3, -0.25) is 0 Å². The van der Waals surface area contributed by atoms with Gasteiger partial charge in [0.05, 0.1) is 18.8 Å². The molecule has 0 saturated carbocycles. The predicted octanol–water partition coefficient (Wildman–Crippen LogP) is 1.69. The molecule has 0 fully saturated rings. The minimum absolute atomic E-state index is 0.0160. The molecule has 18 heavy (non-hydrogen) atoms. The molecular formula is C12H17FN4O. The van der Waals surface area contributed by atoms with Crippen molar-refractivity contribution in [1.82, 2.24) is 14.6 Å². The molecular weight excluding hydrogens is 235 g/mol. The first kappa shape index (κ1) is 12.8. The van der Waals surface area contributed by atoms with Crippen molar-refractivity contribution in [2.75, 3.05) is 11.9 Å². The molecule has 98 valence electrons. The zero-order valence-electron chi connectivity index (χ0n) is 10.5. The van der Waals surface area contributed by atoms with Crippen LogP contribution >= 0.6 is 0 Å². The number of hydrogen-bond acceptors (Lipinski definition) is 4. The number of aromatic nitrogens is 3. The van der Waals surface area contributed by atoms with Crippen LogP contribution in [0.5, 0.6) is 0 Å². The largest absolute Gasteiger partial charge is 0.394 e. The lowest BCUT2D eigenvalue weighted by molar-refractivity contribution is 0.259. The highest BCUT2D eigenvalue weighted by atomic mass is 19.1. The van der Waals surface area contributed by atoms with Crippen molar-refractivity contribution in [1.29, 1.82) is 0 Å². The summed E-state index contributed by atoms with van der Waals surface area (Å²) in [5.41, 5.74) is 0.570. The number of pyridine rings is 1. The molecule has 1 unspecified atom stereocenters. The fourth-order valence-electron chi connectivity index (χ4n) is 1.85. The number of nitrogens with one attached hydrogen (secondary N) is 1. The molecule has 0 aliphatic carbocycles. The summed E-state index contributed by atoms with van der Waals surface area (Å²) in [6.07, 6.45) is 2.09. The molecule has 0 bridgehead atoms. The van der Waals surface area contributed by atoms with Crippen LogP contribution in [0.3, 0.4) is 0 Å². The van der Waals surface area contributed by atoms with E-state index in [0.717, 1.165) is 6.42 Å². The van der Waals surface area contributed by atoms with Crippen LogP contribution in [0.4, 0.5) is 10.3 Å². The van der Waals surface area contributed by atoms with E-state index in [-0.39, 0.29) is 18.5 Å². The maximum absolute atomic E-state index is 13.0. The number of nitrogens with zero attached hydrogens (tertiary/aromatic N) is 3. The SMILES string of the molecule is CC(C)CC(CO)Nc1nc2ccc(F)cn2n1. The van der Waals surface area contributed by atoms with E-state index in [1.54, 1.807) is 6.07 Å². The number of aliphatic hydroxyl groups excluding tert-OH is 1. The summed E-state index contributed by atoms with van der Waals surface area (Å²) in [6.45, 7) is 4.18. The maximum atomic E-state index is 13.0. The summed E-state index contributed by atoms with van der Waals surface area (Å²) in [5, 5.41) is 16.4. The van der Waals surface area contributed by atoms with Crippen molar-refractivity contribution in [3.63, 3.8) is 0 Å². The van der Waals surface area contributed by atoms with Crippen LogP contribution < -0.4 is 5.32 Å². The van der Waals surface area contributed by atoms with Crippen LogP contribution in [0.1, 0.15) is 20.3 Å². The number of anilines is 1.